The maximum absolute atomic E-state index is 14.0. The van der Waals surface area contributed by atoms with Crippen LogP contribution in [0.1, 0.15) is 16.8 Å². The third kappa shape index (κ3) is 6.86. The van der Waals surface area contributed by atoms with Crippen molar-refractivity contribution < 1.29 is 57.0 Å². The number of hydrogen-bond donors (Lipinski definition) is 3. The molecular weight excluding hydrogens is 525 g/mol. The second kappa shape index (κ2) is 12.3. The summed E-state index contributed by atoms with van der Waals surface area (Å²) in [6, 6.07) is 6.83. The first kappa shape index (κ1) is 29.0. The van der Waals surface area contributed by atoms with Crippen molar-refractivity contribution in [1.29, 1.82) is 0 Å². The second-order valence-electron chi connectivity index (χ2n) is 7.97. The number of thioether (sulfide) groups is 1. The molecule has 1 aliphatic heterocycles. The van der Waals surface area contributed by atoms with Crippen molar-refractivity contribution in [3.8, 4) is 5.88 Å². The SMILES string of the molecule is COCn1nc(C(F)(F)F)c(Cc2ccc(SC)cc2)c1O[C@@H]1O[C@H](COC(=O)OC)[C@@H](O)[C@H](O)[C@H]1O. The van der Waals surface area contributed by atoms with Crippen LogP contribution in [0.25, 0.3) is 0 Å². The van der Waals surface area contributed by atoms with E-state index >= 15 is 0 Å². The third-order valence-corrected chi connectivity index (χ3v) is 6.23. The van der Waals surface area contributed by atoms with E-state index in [-0.39, 0.29) is 12.0 Å². The van der Waals surface area contributed by atoms with Crippen molar-refractivity contribution in [3.05, 3.63) is 41.1 Å². The maximum atomic E-state index is 14.0. The van der Waals surface area contributed by atoms with Gasteiger partial charge in [0, 0.05) is 18.4 Å². The van der Waals surface area contributed by atoms with Crippen molar-refractivity contribution >= 4 is 17.9 Å². The summed E-state index contributed by atoms with van der Waals surface area (Å²) in [6.07, 6.45) is -12.9. The fourth-order valence-electron chi connectivity index (χ4n) is 3.63. The van der Waals surface area contributed by atoms with Crippen LogP contribution in [0.3, 0.4) is 0 Å². The van der Waals surface area contributed by atoms with E-state index in [0.29, 0.717) is 5.56 Å². The highest BCUT2D eigenvalue weighted by Crippen LogP contribution is 2.38. The smallest absolute Gasteiger partial charge is 0.445 e. The first-order valence-electron chi connectivity index (χ1n) is 10.9. The van der Waals surface area contributed by atoms with Crippen LogP contribution in [0.2, 0.25) is 0 Å². The fourth-order valence-corrected chi connectivity index (χ4v) is 4.04. The van der Waals surface area contributed by atoms with Gasteiger partial charge in [0.1, 0.15) is 37.8 Å². The summed E-state index contributed by atoms with van der Waals surface area (Å²) in [5.74, 6) is -0.427. The molecule has 1 fully saturated rings. The molecule has 0 radical (unpaired) electrons. The molecule has 0 bridgehead atoms. The average Bonchev–Trinajstić information content (AvgIpc) is 3.21. The predicted molar refractivity (Wildman–Crippen MR) is 121 cm³/mol. The van der Waals surface area contributed by atoms with Crippen LogP contribution in [-0.4, -0.2) is 89.0 Å². The Balaban J connectivity index is 1.98. The number of halogens is 3. The number of alkyl halides is 3. The van der Waals surface area contributed by atoms with Crippen molar-refractivity contribution in [2.75, 3.05) is 27.1 Å². The number of hydrogen-bond acceptors (Lipinski definition) is 11. The lowest BCUT2D eigenvalue weighted by Crippen LogP contribution is -2.60. The zero-order valence-electron chi connectivity index (χ0n) is 20.0. The topological polar surface area (TPSA) is 142 Å². The molecule has 0 spiro atoms. The molecule has 0 aliphatic carbocycles. The van der Waals surface area contributed by atoms with E-state index in [1.807, 2.05) is 6.26 Å². The second-order valence-corrected chi connectivity index (χ2v) is 8.85. The molecule has 5 atom stereocenters. The standard InChI is InChI=1S/C22H27F3N2O9S/c1-32-10-27-19(36-20-17(30)16(29)15(28)14(35-20)9-34-21(31)33-2)13(18(26-27)22(23,24)25)8-11-4-6-12(37-3)7-5-11/h4-7,14-17,20,28-30H,8-10H2,1-3H3/t14-,15-,16+,17-,20+/m1/s1. The number of aliphatic hydroxyl groups excluding tert-OH is 3. The lowest BCUT2D eigenvalue weighted by Gasteiger charge is -2.39. The normalized spacial score (nSPS) is 24.1. The maximum Gasteiger partial charge on any atom is 0.508 e. The first-order chi connectivity index (χ1) is 17.5. The van der Waals surface area contributed by atoms with Crippen molar-refractivity contribution in [3.63, 3.8) is 0 Å². The average molecular weight is 553 g/mol. The molecule has 15 heteroatoms. The van der Waals surface area contributed by atoms with Gasteiger partial charge in [-0.1, -0.05) is 12.1 Å². The van der Waals surface area contributed by atoms with E-state index in [1.165, 1.54) is 18.9 Å². The van der Waals surface area contributed by atoms with Gasteiger partial charge in [-0.05, 0) is 24.0 Å². The summed E-state index contributed by atoms with van der Waals surface area (Å²) in [7, 11) is 2.29. The number of aromatic nitrogens is 2. The van der Waals surface area contributed by atoms with E-state index in [2.05, 4.69) is 9.84 Å². The molecule has 206 valence electrons. The zero-order valence-corrected chi connectivity index (χ0v) is 20.9. The van der Waals surface area contributed by atoms with Crippen LogP contribution in [0.4, 0.5) is 18.0 Å². The Labute approximate surface area is 214 Å². The van der Waals surface area contributed by atoms with Gasteiger partial charge >= 0.3 is 12.3 Å². The first-order valence-corrected chi connectivity index (χ1v) is 12.1. The highest BCUT2D eigenvalue weighted by atomic mass is 32.2. The summed E-state index contributed by atoms with van der Waals surface area (Å²) in [5, 5.41) is 34.6. The van der Waals surface area contributed by atoms with Crippen LogP contribution < -0.4 is 4.74 Å². The number of methoxy groups -OCH3 is 2. The van der Waals surface area contributed by atoms with E-state index in [0.717, 1.165) is 16.7 Å². The van der Waals surface area contributed by atoms with Crippen molar-refractivity contribution in [2.24, 2.45) is 0 Å². The Morgan fingerprint density at radius 3 is 2.38 bits per heavy atom. The number of rotatable bonds is 9. The van der Waals surface area contributed by atoms with Gasteiger partial charge in [0.25, 0.3) is 0 Å². The summed E-state index contributed by atoms with van der Waals surface area (Å²) < 4.78 is 67.8. The van der Waals surface area contributed by atoms with Gasteiger partial charge in [0.05, 0.1) is 12.7 Å². The van der Waals surface area contributed by atoms with E-state index in [1.54, 1.807) is 24.3 Å². The molecule has 1 saturated heterocycles. The molecule has 2 aromatic rings. The van der Waals surface area contributed by atoms with Crippen LogP contribution in [0.5, 0.6) is 5.88 Å². The minimum atomic E-state index is -4.86. The molecular formula is C22H27F3N2O9S. The number of carbonyl (C=O) groups is 1. The van der Waals surface area contributed by atoms with E-state index in [9.17, 15) is 33.3 Å². The molecule has 1 aromatic carbocycles. The van der Waals surface area contributed by atoms with Crippen molar-refractivity contribution in [1.82, 2.24) is 9.78 Å². The highest BCUT2D eigenvalue weighted by molar-refractivity contribution is 7.98. The van der Waals surface area contributed by atoms with Gasteiger partial charge < -0.3 is 39.0 Å². The molecule has 37 heavy (non-hydrogen) atoms. The Hall–Kier alpha value is -2.56. The summed E-state index contributed by atoms with van der Waals surface area (Å²) in [5.41, 5.74) is -1.07. The fraction of sp³-hybridized carbons (Fsp3) is 0.545. The number of nitrogens with zero attached hydrogens (tertiary/aromatic N) is 2. The number of carbonyl (C=O) groups excluding carboxylic acids is 1. The van der Waals surface area contributed by atoms with Crippen LogP contribution in [0.15, 0.2) is 29.2 Å². The van der Waals surface area contributed by atoms with Gasteiger partial charge in [0.2, 0.25) is 12.2 Å². The van der Waals surface area contributed by atoms with Crippen molar-refractivity contribution in [2.45, 2.75) is 54.9 Å². The summed E-state index contributed by atoms with van der Waals surface area (Å²) in [4.78, 5) is 12.2. The quantitative estimate of drug-likeness (QED) is 0.310. The Kier molecular flexibility index (Phi) is 9.66. The van der Waals surface area contributed by atoms with Gasteiger partial charge in [-0.15, -0.1) is 11.8 Å². The van der Waals surface area contributed by atoms with E-state index < -0.39 is 67.9 Å². The van der Waals surface area contributed by atoms with Gasteiger partial charge in [0.15, 0.2) is 5.69 Å². The van der Waals surface area contributed by atoms with E-state index in [4.69, 9.17) is 18.9 Å². The highest BCUT2D eigenvalue weighted by Gasteiger charge is 2.47. The van der Waals surface area contributed by atoms with Gasteiger partial charge in [-0.3, -0.25) is 0 Å². The lowest BCUT2D eigenvalue weighted by atomic mass is 9.99. The molecule has 3 rings (SSSR count). The Morgan fingerprint density at radius 1 is 1.14 bits per heavy atom. The number of ether oxygens (including phenoxy) is 5. The van der Waals surface area contributed by atoms with Gasteiger partial charge in [-0.25, -0.2) is 9.48 Å². The van der Waals surface area contributed by atoms with Crippen LogP contribution >= 0.6 is 11.8 Å². The predicted octanol–water partition coefficient (Wildman–Crippen LogP) is 1.79. The Morgan fingerprint density at radius 2 is 1.81 bits per heavy atom. The number of aliphatic hydroxyl groups is 3. The van der Waals surface area contributed by atoms with Gasteiger partial charge in [-0.2, -0.15) is 18.3 Å². The molecule has 3 N–H and O–H groups in total. The van der Waals surface area contributed by atoms with Crippen LogP contribution in [0, 0.1) is 0 Å². The third-order valence-electron chi connectivity index (χ3n) is 5.49. The molecule has 1 aromatic heterocycles. The number of benzene rings is 1. The van der Waals surface area contributed by atoms with Crippen LogP contribution in [-0.2, 0) is 38.3 Å². The molecule has 0 amide bonds. The minimum absolute atomic E-state index is 0.245. The minimum Gasteiger partial charge on any atom is -0.445 e. The zero-order chi connectivity index (χ0) is 27.3. The summed E-state index contributed by atoms with van der Waals surface area (Å²) >= 11 is 1.47. The Bertz CT molecular complexity index is 1050. The lowest BCUT2D eigenvalue weighted by molar-refractivity contribution is -0.279. The molecule has 0 saturated carbocycles. The summed E-state index contributed by atoms with van der Waals surface area (Å²) in [6.45, 7) is -1.04. The largest absolute Gasteiger partial charge is 0.508 e. The molecule has 0 unspecified atom stereocenters. The molecule has 11 nitrogen and oxygen atoms in total. The monoisotopic (exact) mass is 552 g/mol. The molecule has 1 aliphatic rings. The molecule has 2 heterocycles.